The van der Waals surface area contributed by atoms with Crippen LogP contribution in [0.4, 0.5) is 11.5 Å². The molecule has 4 aromatic rings. The average molecular weight is 488 g/mol. The van der Waals surface area contributed by atoms with E-state index in [1.54, 1.807) is 22.8 Å². The zero-order valence-corrected chi connectivity index (χ0v) is 20.5. The van der Waals surface area contributed by atoms with Crippen LogP contribution in [0, 0.1) is 19.8 Å². The van der Waals surface area contributed by atoms with E-state index < -0.39 is 5.92 Å². The number of methoxy groups -OCH3 is 1. The van der Waals surface area contributed by atoms with E-state index in [2.05, 4.69) is 10.4 Å². The summed E-state index contributed by atoms with van der Waals surface area (Å²) in [7, 11) is 1.63. The number of benzene rings is 2. The molecule has 0 aliphatic carbocycles. The minimum absolute atomic E-state index is 0.0491. The molecule has 1 atom stereocenters. The lowest BCUT2D eigenvalue weighted by molar-refractivity contribution is -0.122. The molecule has 1 aliphatic heterocycles. The Morgan fingerprint density at radius 2 is 1.97 bits per heavy atom. The standard InChI is InChI=1S/C26H25N5O3S/c1-16-7-4-5-10-22(16)30-14-19(13-24(30)32)25(33)28-23-11-17(2)29-31(23)26-27-21(15-35-26)18-8-6-9-20(12-18)34-3/h4-12,15,19H,13-14H2,1-3H3,(H,28,33)/t19-/m1/s1. The van der Waals surface area contributed by atoms with Crippen LogP contribution >= 0.6 is 11.3 Å². The molecule has 3 heterocycles. The van der Waals surface area contributed by atoms with Crippen LogP contribution in [0.25, 0.3) is 16.4 Å². The molecule has 2 amide bonds. The number of aromatic nitrogens is 3. The lowest BCUT2D eigenvalue weighted by atomic mass is 10.1. The van der Waals surface area contributed by atoms with Crippen LogP contribution in [0.3, 0.4) is 0 Å². The van der Waals surface area contributed by atoms with Crippen molar-refractivity contribution in [3.8, 4) is 22.1 Å². The van der Waals surface area contributed by atoms with Crippen molar-refractivity contribution < 1.29 is 14.3 Å². The van der Waals surface area contributed by atoms with Crippen molar-refractivity contribution in [3.05, 3.63) is 71.2 Å². The highest BCUT2D eigenvalue weighted by Crippen LogP contribution is 2.30. The van der Waals surface area contributed by atoms with Gasteiger partial charge in [0.25, 0.3) is 0 Å². The molecular formula is C26H25N5O3S. The lowest BCUT2D eigenvalue weighted by Crippen LogP contribution is -2.29. The van der Waals surface area contributed by atoms with Gasteiger partial charge in [-0.1, -0.05) is 30.3 Å². The Morgan fingerprint density at radius 3 is 2.77 bits per heavy atom. The molecule has 1 N–H and O–H groups in total. The first kappa shape index (κ1) is 22.8. The number of nitrogens with zero attached hydrogens (tertiary/aromatic N) is 4. The maximum absolute atomic E-state index is 13.2. The van der Waals surface area contributed by atoms with E-state index in [-0.39, 0.29) is 18.2 Å². The van der Waals surface area contributed by atoms with Crippen molar-refractivity contribution in [3.63, 3.8) is 0 Å². The molecule has 5 rings (SSSR count). The van der Waals surface area contributed by atoms with Gasteiger partial charge in [0.2, 0.25) is 16.9 Å². The number of ether oxygens (including phenoxy) is 1. The number of amides is 2. The van der Waals surface area contributed by atoms with Gasteiger partial charge in [-0.3, -0.25) is 9.59 Å². The molecule has 0 spiro atoms. The maximum atomic E-state index is 13.2. The van der Waals surface area contributed by atoms with Crippen LogP contribution in [0.15, 0.2) is 60.0 Å². The topological polar surface area (TPSA) is 89.3 Å². The second-order valence-electron chi connectivity index (χ2n) is 8.51. The fourth-order valence-corrected chi connectivity index (χ4v) is 5.02. The third-order valence-corrected chi connectivity index (χ3v) is 6.84. The Kier molecular flexibility index (Phi) is 6.08. The molecule has 178 valence electrons. The van der Waals surface area contributed by atoms with Crippen LogP contribution in [0.1, 0.15) is 17.7 Å². The second-order valence-corrected chi connectivity index (χ2v) is 9.35. The van der Waals surface area contributed by atoms with Crippen molar-refractivity contribution in [1.82, 2.24) is 14.8 Å². The zero-order chi connectivity index (χ0) is 24.5. The van der Waals surface area contributed by atoms with Gasteiger partial charge in [-0.2, -0.15) is 9.78 Å². The van der Waals surface area contributed by atoms with Gasteiger partial charge in [0.15, 0.2) is 0 Å². The van der Waals surface area contributed by atoms with Gasteiger partial charge in [0.1, 0.15) is 11.6 Å². The SMILES string of the molecule is COc1cccc(-c2csc(-n3nc(C)cc3NC(=O)[C@@H]3CC(=O)N(c4ccccc4C)C3)n2)c1. The Hall–Kier alpha value is -3.98. The highest BCUT2D eigenvalue weighted by molar-refractivity contribution is 7.12. The first-order chi connectivity index (χ1) is 16.9. The van der Waals surface area contributed by atoms with Crippen LogP contribution in [-0.4, -0.2) is 40.2 Å². The average Bonchev–Trinajstić information content (AvgIpc) is 3.58. The summed E-state index contributed by atoms with van der Waals surface area (Å²) < 4.78 is 6.95. The number of rotatable bonds is 6. The molecule has 35 heavy (non-hydrogen) atoms. The normalized spacial score (nSPS) is 15.5. The number of hydrogen-bond acceptors (Lipinski definition) is 6. The third-order valence-electron chi connectivity index (χ3n) is 6.02. The first-order valence-corrected chi connectivity index (χ1v) is 12.1. The van der Waals surface area contributed by atoms with E-state index in [0.717, 1.165) is 34.0 Å². The monoisotopic (exact) mass is 487 g/mol. The summed E-state index contributed by atoms with van der Waals surface area (Å²) in [6.07, 6.45) is 0.171. The largest absolute Gasteiger partial charge is 0.497 e. The summed E-state index contributed by atoms with van der Waals surface area (Å²) in [5.41, 5.74) is 4.34. The Labute approximate surface area is 207 Å². The highest BCUT2D eigenvalue weighted by atomic mass is 32.1. The molecule has 1 saturated heterocycles. The van der Waals surface area contributed by atoms with E-state index in [1.807, 2.05) is 67.8 Å². The minimum Gasteiger partial charge on any atom is -0.497 e. The van der Waals surface area contributed by atoms with E-state index in [1.165, 1.54) is 11.3 Å². The van der Waals surface area contributed by atoms with Crippen LogP contribution in [-0.2, 0) is 9.59 Å². The van der Waals surface area contributed by atoms with E-state index in [9.17, 15) is 9.59 Å². The van der Waals surface area contributed by atoms with Crippen molar-refractivity contribution in [2.75, 3.05) is 23.9 Å². The van der Waals surface area contributed by atoms with Crippen LogP contribution in [0.2, 0.25) is 0 Å². The van der Waals surface area contributed by atoms with E-state index >= 15 is 0 Å². The molecular weight excluding hydrogens is 462 g/mol. The molecule has 9 heteroatoms. The fourth-order valence-electron chi connectivity index (χ4n) is 4.22. The summed E-state index contributed by atoms with van der Waals surface area (Å²) in [6, 6.07) is 17.2. The van der Waals surface area contributed by atoms with Gasteiger partial charge in [-0.05, 0) is 37.6 Å². The number of thiazole rings is 1. The molecule has 0 saturated carbocycles. The van der Waals surface area contributed by atoms with Crippen LogP contribution in [0.5, 0.6) is 5.75 Å². The fraction of sp³-hybridized carbons (Fsp3) is 0.231. The quantitative estimate of drug-likeness (QED) is 0.429. The smallest absolute Gasteiger partial charge is 0.230 e. The Bertz CT molecular complexity index is 1410. The highest BCUT2D eigenvalue weighted by Gasteiger charge is 2.36. The predicted molar refractivity (Wildman–Crippen MR) is 136 cm³/mol. The molecule has 1 aliphatic rings. The zero-order valence-electron chi connectivity index (χ0n) is 19.7. The van der Waals surface area contributed by atoms with E-state index in [0.29, 0.717) is 17.5 Å². The molecule has 8 nitrogen and oxygen atoms in total. The molecule has 2 aromatic heterocycles. The second kappa shape index (κ2) is 9.34. The van der Waals surface area contributed by atoms with E-state index in [4.69, 9.17) is 9.72 Å². The number of nitrogens with one attached hydrogen (secondary N) is 1. The van der Waals surface area contributed by atoms with Crippen LogP contribution < -0.4 is 15.0 Å². The molecule has 0 bridgehead atoms. The first-order valence-electron chi connectivity index (χ1n) is 11.3. The molecule has 2 aromatic carbocycles. The summed E-state index contributed by atoms with van der Waals surface area (Å²) in [5.74, 6) is 0.577. The number of para-hydroxylation sites is 1. The van der Waals surface area contributed by atoms with Gasteiger partial charge >= 0.3 is 0 Å². The van der Waals surface area contributed by atoms with Crippen molar-refractivity contribution in [1.29, 1.82) is 0 Å². The van der Waals surface area contributed by atoms with Gasteiger partial charge in [-0.25, -0.2) is 4.98 Å². The summed E-state index contributed by atoms with van der Waals surface area (Å²) in [4.78, 5) is 32.3. The summed E-state index contributed by atoms with van der Waals surface area (Å²) in [6.45, 7) is 4.17. The van der Waals surface area contributed by atoms with Gasteiger partial charge in [0, 0.05) is 35.7 Å². The number of hydrogen-bond donors (Lipinski definition) is 1. The Balaban J connectivity index is 1.35. The number of aryl methyl sites for hydroxylation is 2. The van der Waals surface area contributed by atoms with Crippen molar-refractivity contribution >= 4 is 34.7 Å². The van der Waals surface area contributed by atoms with Gasteiger partial charge in [0.05, 0.1) is 24.4 Å². The number of carbonyl (C=O) groups is 2. The minimum atomic E-state index is -0.450. The molecule has 0 unspecified atom stereocenters. The van der Waals surface area contributed by atoms with Crippen molar-refractivity contribution in [2.45, 2.75) is 20.3 Å². The Morgan fingerprint density at radius 1 is 1.14 bits per heavy atom. The number of carbonyl (C=O) groups excluding carboxylic acids is 2. The number of anilines is 2. The lowest BCUT2D eigenvalue weighted by Gasteiger charge is -2.19. The predicted octanol–water partition coefficient (Wildman–Crippen LogP) is 4.61. The molecule has 0 radical (unpaired) electrons. The van der Waals surface area contributed by atoms with Gasteiger partial charge < -0.3 is 15.0 Å². The summed E-state index contributed by atoms with van der Waals surface area (Å²) >= 11 is 1.43. The third kappa shape index (κ3) is 4.54. The molecule has 1 fully saturated rings. The maximum Gasteiger partial charge on any atom is 0.230 e. The summed E-state index contributed by atoms with van der Waals surface area (Å²) in [5, 5.41) is 10.1. The van der Waals surface area contributed by atoms with Gasteiger partial charge in [-0.15, -0.1) is 11.3 Å². The van der Waals surface area contributed by atoms with Crippen molar-refractivity contribution in [2.24, 2.45) is 5.92 Å².